The molecule has 6 rings (SSSR count). The van der Waals surface area contributed by atoms with Crippen LogP contribution in [-0.2, 0) is 22.3 Å². The van der Waals surface area contributed by atoms with Crippen LogP contribution < -0.4 is 15.4 Å². The maximum Gasteiger partial charge on any atom is 0.417 e. The summed E-state index contributed by atoms with van der Waals surface area (Å²) in [5, 5.41) is 16.6. The van der Waals surface area contributed by atoms with Crippen molar-refractivity contribution < 1.29 is 32.6 Å². The van der Waals surface area contributed by atoms with E-state index >= 15 is 0 Å². The van der Waals surface area contributed by atoms with Gasteiger partial charge in [0.15, 0.2) is 6.10 Å². The quantitative estimate of drug-likeness (QED) is 0.554. The zero-order valence-corrected chi connectivity index (χ0v) is 20.5. The van der Waals surface area contributed by atoms with E-state index in [1.807, 2.05) is 19.1 Å². The number of amides is 2. The van der Waals surface area contributed by atoms with Crippen LogP contribution in [0.25, 0.3) is 0 Å². The molecule has 0 radical (unpaired) electrons. The van der Waals surface area contributed by atoms with Gasteiger partial charge >= 0.3 is 6.18 Å². The molecule has 3 aliphatic carbocycles. The molecule has 0 unspecified atom stereocenters. The predicted octanol–water partition coefficient (Wildman–Crippen LogP) is 4.12. The monoisotopic (exact) mass is 517 g/mol. The Balaban J connectivity index is 1.16. The zero-order chi connectivity index (χ0) is 26.4. The van der Waals surface area contributed by atoms with Crippen molar-refractivity contribution in [1.82, 2.24) is 15.6 Å². The summed E-state index contributed by atoms with van der Waals surface area (Å²) in [5.74, 6) is 0.143. The fourth-order valence-electron chi connectivity index (χ4n) is 5.84. The standard InChI is InChI=1S/C27H30F3N3O4/c1-16-2-5-21-19(12-16)20(34)13-22(37-21)23(35)33-26-9-6-25(7-10-26,8-11-26)24(36)32-15-18-4-3-17(14-31-18)27(28,29)30/h2-5,12,14,20,22,34H,6-11,13,15H2,1H3,(H,32,36)(H,33,35)/t20-,22-,25?,26?/m1/s1. The topological polar surface area (TPSA) is 101 Å². The second-order valence-corrected chi connectivity index (χ2v) is 10.7. The maximum absolute atomic E-state index is 13.1. The van der Waals surface area contributed by atoms with Crippen LogP contribution in [0.4, 0.5) is 13.2 Å². The Kier molecular flexibility index (Phi) is 6.42. The molecule has 198 valence electrons. The number of ether oxygens (including phenoxy) is 1. The average Bonchev–Trinajstić information content (AvgIpc) is 2.88. The van der Waals surface area contributed by atoms with Gasteiger partial charge in [0.05, 0.1) is 23.9 Å². The lowest BCUT2D eigenvalue weighted by Gasteiger charge is -2.53. The van der Waals surface area contributed by atoms with E-state index in [1.54, 1.807) is 6.07 Å². The number of nitrogens with one attached hydrogen (secondary N) is 2. The zero-order valence-electron chi connectivity index (χ0n) is 20.5. The Morgan fingerprint density at radius 1 is 1.11 bits per heavy atom. The highest BCUT2D eigenvalue weighted by molar-refractivity contribution is 5.84. The van der Waals surface area contributed by atoms with Gasteiger partial charge in [0.25, 0.3) is 5.91 Å². The molecule has 3 fully saturated rings. The van der Waals surface area contributed by atoms with Crippen LogP contribution in [0.5, 0.6) is 5.75 Å². The minimum Gasteiger partial charge on any atom is -0.480 e. The predicted molar refractivity (Wildman–Crippen MR) is 127 cm³/mol. The molecule has 1 aromatic heterocycles. The molecule has 0 spiro atoms. The van der Waals surface area contributed by atoms with Crippen molar-refractivity contribution in [3.8, 4) is 5.75 Å². The van der Waals surface area contributed by atoms with Gasteiger partial charge in [0.2, 0.25) is 5.91 Å². The molecular formula is C27H30F3N3O4. The highest BCUT2D eigenvalue weighted by Crippen LogP contribution is 2.52. The first-order valence-corrected chi connectivity index (χ1v) is 12.6. The number of aliphatic hydroxyl groups excluding tert-OH is 1. The largest absolute Gasteiger partial charge is 0.480 e. The van der Waals surface area contributed by atoms with Gasteiger partial charge in [-0.05, 0) is 69.7 Å². The normalized spacial score (nSPS) is 28.7. The molecule has 2 heterocycles. The van der Waals surface area contributed by atoms with Crippen molar-refractivity contribution in [3.63, 3.8) is 0 Å². The number of benzene rings is 1. The summed E-state index contributed by atoms with van der Waals surface area (Å²) in [6, 6.07) is 7.75. The molecule has 3 saturated carbocycles. The van der Waals surface area contributed by atoms with Gasteiger partial charge in [-0.25, -0.2) is 0 Å². The van der Waals surface area contributed by atoms with Crippen LogP contribution >= 0.6 is 0 Å². The molecule has 0 saturated heterocycles. The minimum absolute atomic E-state index is 0.0585. The second kappa shape index (κ2) is 9.31. The van der Waals surface area contributed by atoms with Gasteiger partial charge in [-0.1, -0.05) is 11.6 Å². The van der Waals surface area contributed by atoms with Crippen molar-refractivity contribution in [2.24, 2.45) is 5.41 Å². The highest BCUT2D eigenvalue weighted by atomic mass is 19.4. The molecule has 37 heavy (non-hydrogen) atoms. The fourth-order valence-corrected chi connectivity index (χ4v) is 5.84. The van der Waals surface area contributed by atoms with Gasteiger partial charge in [-0.2, -0.15) is 13.2 Å². The Morgan fingerprint density at radius 3 is 2.43 bits per heavy atom. The van der Waals surface area contributed by atoms with Crippen molar-refractivity contribution >= 4 is 11.8 Å². The number of carbonyl (C=O) groups is 2. The first kappa shape index (κ1) is 25.5. The molecule has 1 aromatic carbocycles. The Morgan fingerprint density at radius 2 is 1.81 bits per heavy atom. The van der Waals surface area contributed by atoms with Gasteiger partial charge in [-0.3, -0.25) is 14.6 Å². The van der Waals surface area contributed by atoms with Crippen LogP contribution in [0.1, 0.15) is 73.4 Å². The fraction of sp³-hybridized carbons (Fsp3) is 0.519. The molecule has 10 heteroatoms. The number of alkyl halides is 3. The van der Waals surface area contributed by atoms with Crippen molar-refractivity contribution in [1.29, 1.82) is 0 Å². The summed E-state index contributed by atoms with van der Waals surface area (Å²) in [6.07, 6.45) is -1.29. The van der Waals surface area contributed by atoms with Crippen molar-refractivity contribution in [2.75, 3.05) is 0 Å². The minimum atomic E-state index is -4.45. The van der Waals surface area contributed by atoms with Gasteiger partial charge in [0.1, 0.15) is 5.75 Å². The van der Waals surface area contributed by atoms with Gasteiger partial charge in [0, 0.05) is 29.1 Å². The van der Waals surface area contributed by atoms with Crippen LogP contribution in [0.15, 0.2) is 36.5 Å². The van der Waals surface area contributed by atoms with Gasteiger partial charge < -0.3 is 20.5 Å². The van der Waals surface area contributed by atoms with E-state index in [2.05, 4.69) is 15.6 Å². The Hall–Kier alpha value is -3.14. The summed E-state index contributed by atoms with van der Waals surface area (Å²) in [5.41, 5.74) is 0.280. The molecule has 3 N–H and O–H groups in total. The third-order valence-corrected chi connectivity index (χ3v) is 8.22. The SMILES string of the molecule is Cc1ccc2c(c1)[C@H](O)C[C@H](C(=O)NC13CCC(C(=O)NCc4ccc(C(F)(F)F)cn4)(CC1)CC3)O2. The van der Waals surface area contributed by atoms with Gasteiger partial charge in [-0.15, -0.1) is 0 Å². The second-order valence-electron chi connectivity index (χ2n) is 10.7. The van der Waals surface area contributed by atoms with E-state index in [1.165, 1.54) is 6.07 Å². The summed E-state index contributed by atoms with van der Waals surface area (Å²) in [7, 11) is 0. The number of pyridine rings is 1. The van der Waals surface area contributed by atoms with Crippen LogP contribution in [0, 0.1) is 12.3 Å². The Labute approximate surface area is 212 Å². The number of halogens is 3. The number of hydrogen-bond donors (Lipinski definition) is 3. The highest BCUT2D eigenvalue weighted by Gasteiger charge is 2.53. The molecule has 7 nitrogen and oxygen atoms in total. The number of aromatic nitrogens is 1. The number of aryl methyl sites for hydroxylation is 1. The van der Waals surface area contributed by atoms with E-state index in [9.17, 15) is 27.9 Å². The van der Waals surface area contributed by atoms with Crippen molar-refractivity contribution in [3.05, 3.63) is 58.9 Å². The lowest BCUT2D eigenvalue weighted by atomic mass is 9.57. The number of nitrogens with zero attached hydrogens (tertiary/aromatic N) is 1. The van der Waals surface area contributed by atoms with E-state index in [4.69, 9.17) is 4.74 Å². The van der Waals surface area contributed by atoms with Crippen LogP contribution in [0.2, 0.25) is 0 Å². The summed E-state index contributed by atoms with van der Waals surface area (Å²) < 4.78 is 44.1. The smallest absolute Gasteiger partial charge is 0.417 e. The van der Waals surface area contributed by atoms with E-state index < -0.39 is 34.9 Å². The number of rotatable bonds is 5. The first-order chi connectivity index (χ1) is 17.5. The number of hydrogen-bond acceptors (Lipinski definition) is 5. The Bertz CT molecular complexity index is 1170. The van der Waals surface area contributed by atoms with Crippen LogP contribution in [0.3, 0.4) is 0 Å². The number of fused-ring (bicyclic) bond motifs is 4. The van der Waals surface area contributed by atoms with Crippen LogP contribution in [-0.4, -0.2) is 33.5 Å². The summed E-state index contributed by atoms with van der Waals surface area (Å²) in [4.78, 5) is 30.0. The lowest BCUT2D eigenvalue weighted by molar-refractivity contribution is -0.142. The molecule has 2 atom stereocenters. The third kappa shape index (κ3) is 5.03. The number of aliphatic hydroxyl groups is 1. The van der Waals surface area contributed by atoms with E-state index in [-0.39, 0.29) is 24.8 Å². The molecule has 2 aromatic rings. The third-order valence-electron chi connectivity index (χ3n) is 8.22. The molecule has 2 amide bonds. The number of carbonyl (C=O) groups excluding carboxylic acids is 2. The summed E-state index contributed by atoms with van der Waals surface area (Å²) >= 11 is 0. The molecular weight excluding hydrogens is 487 g/mol. The summed E-state index contributed by atoms with van der Waals surface area (Å²) in [6.45, 7) is 1.99. The molecule has 2 bridgehead atoms. The van der Waals surface area contributed by atoms with Crippen molar-refractivity contribution in [2.45, 2.75) is 82.3 Å². The molecule has 4 aliphatic rings. The van der Waals surface area contributed by atoms with E-state index in [0.29, 0.717) is 55.5 Å². The maximum atomic E-state index is 13.1. The van der Waals surface area contributed by atoms with E-state index in [0.717, 1.165) is 17.8 Å². The first-order valence-electron chi connectivity index (χ1n) is 12.6. The molecule has 1 aliphatic heterocycles. The average molecular weight is 518 g/mol. The lowest BCUT2D eigenvalue weighted by Crippen LogP contribution is -2.61.